The molecule has 41 heavy (non-hydrogen) atoms. The van der Waals surface area contributed by atoms with E-state index in [2.05, 4.69) is 20.4 Å². The van der Waals surface area contributed by atoms with Gasteiger partial charge in [0.05, 0.1) is 19.9 Å². The fourth-order valence-electron chi connectivity index (χ4n) is 4.51. The lowest BCUT2D eigenvalue weighted by Crippen LogP contribution is -2.54. The molecule has 0 radical (unpaired) electrons. The Hall–Kier alpha value is -4.41. The Bertz CT molecular complexity index is 1340. The summed E-state index contributed by atoms with van der Waals surface area (Å²) in [4.78, 5) is 31.6. The number of nitrogens with one attached hydrogen (secondary N) is 1. The van der Waals surface area contributed by atoms with Crippen LogP contribution in [0.3, 0.4) is 0 Å². The summed E-state index contributed by atoms with van der Waals surface area (Å²) in [6.07, 6.45) is 0. The maximum absolute atomic E-state index is 13.4. The molecule has 3 aromatic rings. The number of carbonyl (C=O) groups excluding carboxylic acids is 2. The van der Waals surface area contributed by atoms with Gasteiger partial charge in [-0.25, -0.2) is 9.18 Å². The van der Waals surface area contributed by atoms with Crippen LogP contribution in [0.25, 0.3) is 11.3 Å². The number of methoxy groups -OCH3 is 2. The number of carbonyl (C=O) groups is 2. The first-order valence-corrected chi connectivity index (χ1v) is 13.5. The van der Waals surface area contributed by atoms with Gasteiger partial charge in [0.15, 0.2) is 5.82 Å². The van der Waals surface area contributed by atoms with E-state index in [9.17, 15) is 14.0 Å². The largest absolute Gasteiger partial charge is 0.497 e. The van der Waals surface area contributed by atoms with Crippen molar-refractivity contribution in [3.05, 3.63) is 66.0 Å². The third-order valence-electron chi connectivity index (χ3n) is 6.67. The smallest absolute Gasteiger partial charge is 0.318 e. The summed E-state index contributed by atoms with van der Waals surface area (Å²) in [6, 6.07) is 14.9. The molecule has 1 N–H and O–H groups in total. The number of urea groups is 1. The Morgan fingerprint density at radius 2 is 1.66 bits per heavy atom. The molecule has 0 spiro atoms. The normalized spacial score (nSPS) is 13.5. The molecule has 2 heterocycles. The van der Waals surface area contributed by atoms with Crippen LogP contribution < -0.4 is 19.7 Å². The van der Waals surface area contributed by atoms with Crippen LogP contribution in [-0.2, 0) is 11.3 Å². The molecule has 0 atom stereocenters. The fraction of sp³-hybridized carbons (Fsp3) is 0.400. The van der Waals surface area contributed by atoms with Crippen LogP contribution in [-0.4, -0.2) is 84.4 Å². The summed E-state index contributed by atoms with van der Waals surface area (Å²) in [5.41, 5.74) is 1.75. The number of hydrogen-bond donors (Lipinski definition) is 1. The SMILES string of the molecule is COc1ccc(-c2ccc(N3CCN(C(=O)CN(Cc4ccc(F)cc4)C(=O)NC(C)(C)C)CC3)nn2)c(OC)c1. The lowest BCUT2D eigenvalue weighted by molar-refractivity contribution is -0.132. The average molecular weight is 565 g/mol. The van der Waals surface area contributed by atoms with Crippen molar-refractivity contribution in [3.63, 3.8) is 0 Å². The summed E-state index contributed by atoms with van der Waals surface area (Å²) < 4.78 is 24.1. The molecule has 1 saturated heterocycles. The van der Waals surface area contributed by atoms with Crippen LogP contribution in [0, 0.1) is 5.82 Å². The number of hydrogen-bond acceptors (Lipinski definition) is 7. The molecule has 1 aliphatic rings. The Balaban J connectivity index is 1.37. The summed E-state index contributed by atoms with van der Waals surface area (Å²) in [6.45, 7) is 7.88. The number of ether oxygens (including phenoxy) is 2. The maximum atomic E-state index is 13.4. The van der Waals surface area contributed by atoms with Gasteiger partial charge in [0, 0.05) is 49.9 Å². The number of rotatable bonds is 8. The van der Waals surface area contributed by atoms with Gasteiger partial charge in [-0.05, 0) is 62.7 Å². The molecule has 1 fully saturated rings. The summed E-state index contributed by atoms with van der Waals surface area (Å²) in [7, 11) is 3.20. The van der Waals surface area contributed by atoms with E-state index >= 15 is 0 Å². The maximum Gasteiger partial charge on any atom is 0.318 e. The highest BCUT2D eigenvalue weighted by molar-refractivity contribution is 5.84. The molecular formula is C30H37FN6O4. The van der Waals surface area contributed by atoms with Crippen LogP contribution in [0.2, 0.25) is 0 Å². The molecule has 0 saturated carbocycles. The molecule has 0 bridgehead atoms. The highest BCUT2D eigenvalue weighted by Gasteiger charge is 2.27. The van der Waals surface area contributed by atoms with Gasteiger partial charge in [0.25, 0.3) is 0 Å². The Kier molecular flexibility index (Phi) is 9.26. The summed E-state index contributed by atoms with van der Waals surface area (Å²) in [5.74, 6) is 1.55. The van der Waals surface area contributed by atoms with E-state index in [1.807, 2.05) is 45.0 Å². The van der Waals surface area contributed by atoms with Crippen molar-refractivity contribution in [1.82, 2.24) is 25.3 Å². The van der Waals surface area contributed by atoms with Gasteiger partial charge in [0.2, 0.25) is 5.91 Å². The molecule has 3 amide bonds. The number of nitrogens with zero attached hydrogens (tertiary/aromatic N) is 5. The summed E-state index contributed by atoms with van der Waals surface area (Å²) in [5, 5.41) is 11.8. The van der Waals surface area contributed by atoms with Crippen molar-refractivity contribution >= 4 is 17.8 Å². The zero-order chi connectivity index (χ0) is 29.6. The monoisotopic (exact) mass is 564 g/mol. The molecule has 11 heteroatoms. The van der Waals surface area contributed by atoms with Gasteiger partial charge in [0.1, 0.15) is 23.9 Å². The van der Waals surface area contributed by atoms with Crippen LogP contribution in [0.4, 0.5) is 15.0 Å². The topological polar surface area (TPSA) is 100 Å². The average Bonchev–Trinajstić information content (AvgIpc) is 2.96. The van der Waals surface area contributed by atoms with E-state index in [4.69, 9.17) is 9.47 Å². The lowest BCUT2D eigenvalue weighted by atomic mass is 10.1. The molecule has 0 unspecified atom stereocenters. The molecule has 2 aromatic carbocycles. The van der Waals surface area contributed by atoms with Gasteiger partial charge >= 0.3 is 6.03 Å². The number of anilines is 1. The van der Waals surface area contributed by atoms with E-state index in [0.29, 0.717) is 43.4 Å². The number of aromatic nitrogens is 2. The van der Waals surface area contributed by atoms with Crippen LogP contribution in [0.15, 0.2) is 54.6 Å². The van der Waals surface area contributed by atoms with Crippen molar-refractivity contribution in [2.45, 2.75) is 32.9 Å². The van der Waals surface area contributed by atoms with E-state index in [1.54, 1.807) is 37.3 Å². The van der Waals surface area contributed by atoms with Crippen LogP contribution in [0.5, 0.6) is 11.5 Å². The number of amides is 3. The second-order valence-electron chi connectivity index (χ2n) is 10.9. The van der Waals surface area contributed by atoms with E-state index in [0.717, 1.165) is 16.9 Å². The number of halogens is 1. The zero-order valence-electron chi connectivity index (χ0n) is 24.2. The standard InChI is InChI=1S/C30H37FN6O4/c1-30(2,3)32-29(39)37(19-21-6-8-22(31)9-7-21)20-28(38)36-16-14-35(15-17-36)27-13-12-25(33-34-27)24-11-10-23(40-4)18-26(24)41-5/h6-13,18H,14-17,19-20H2,1-5H3,(H,32,39). The second-order valence-corrected chi connectivity index (χ2v) is 10.9. The number of piperazine rings is 1. The fourth-order valence-corrected chi connectivity index (χ4v) is 4.51. The highest BCUT2D eigenvalue weighted by atomic mass is 19.1. The van der Waals surface area contributed by atoms with Crippen LogP contribution >= 0.6 is 0 Å². The Morgan fingerprint density at radius 3 is 2.24 bits per heavy atom. The van der Waals surface area contributed by atoms with E-state index in [-0.39, 0.29) is 30.8 Å². The van der Waals surface area contributed by atoms with Crippen molar-refractivity contribution in [1.29, 1.82) is 0 Å². The first-order valence-electron chi connectivity index (χ1n) is 13.5. The van der Waals surface area contributed by atoms with Crippen molar-refractivity contribution < 1.29 is 23.5 Å². The highest BCUT2D eigenvalue weighted by Crippen LogP contribution is 2.32. The lowest BCUT2D eigenvalue weighted by Gasteiger charge is -2.36. The van der Waals surface area contributed by atoms with Gasteiger partial charge in [-0.3, -0.25) is 4.79 Å². The van der Waals surface area contributed by atoms with Crippen molar-refractivity contribution in [3.8, 4) is 22.8 Å². The quantitative estimate of drug-likeness (QED) is 0.442. The van der Waals surface area contributed by atoms with Crippen LogP contribution in [0.1, 0.15) is 26.3 Å². The molecule has 10 nitrogen and oxygen atoms in total. The van der Waals surface area contributed by atoms with Crippen molar-refractivity contribution in [2.24, 2.45) is 0 Å². The molecule has 0 aliphatic carbocycles. The zero-order valence-corrected chi connectivity index (χ0v) is 24.2. The minimum absolute atomic E-state index is 0.0858. The predicted octanol–water partition coefficient (Wildman–Crippen LogP) is 3.96. The van der Waals surface area contributed by atoms with Gasteiger partial charge < -0.3 is 29.5 Å². The Morgan fingerprint density at radius 1 is 0.951 bits per heavy atom. The first-order chi connectivity index (χ1) is 19.6. The second kappa shape index (κ2) is 12.8. The summed E-state index contributed by atoms with van der Waals surface area (Å²) >= 11 is 0. The van der Waals surface area contributed by atoms with E-state index in [1.165, 1.54) is 17.0 Å². The molecule has 4 rings (SSSR count). The van der Waals surface area contributed by atoms with Crippen molar-refractivity contribution in [2.75, 3.05) is 51.8 Å². The third-order valence-corrected chi connectivity index (χ3v) is 6.67. The molecule has 1 aromatic heterocycles. The molecular weight excluding hydrogens is 527 g/mol. The first kappa shape index (κ1) is 29.6. The minimum Gasteiger partial charge on any atom is -0.497 e. The van der Waals surface area contributed by atoms with Gasteiger partial charge in [-0.15, -0.1) is 10.2 Å². The molecule has 1 aliphatic heterocycles. The predicted molar refractivity (Wildman–Crippen MR) is 154 cm³/mol. The van der Waals surface area contributed by atoms with E-state index < -0.39 is 5.54 Å². The molecule has 218 valence electrons. The van der Waals surface area contributed by atoms with Gasteiger partial charge in [-0.1, -0.05) is 12.1 Å². The third kappa shape index (κ3) is 7.84. The van der Waals surface area contributed by atoms with Gasteiger partial charge in [-0.2, -0.15) is 0 Å². The minimum atomic E-state index is -0.470. The Labute approximate surface area is 240 Å². The number of benzene rings is 2.